The number of benzene rings is 1. The normalized spacial score (nSPS) is 21.9. The van der Waals surface area contributed by atoms with Gasteiger partial charge in [0.2, 0.25) is 0 Å². The molecule has 1 saturated heterocycles. The summed E-state index contributed by atoms with van der Waals surface area (Å²) in [5.41, 5.74) is 2.11. The largest absolute Gasteiger partial charge is 0.381 e. The number of pyridine rings is 1. The van der Waals surface area contributed by atoms with Crippen LogP contribution in [0.1, 0.15) is 42.5 Å². The number of ether oxygens (including phenoxy) is 1. The van der Waals surface area contributed by atoms with Gasteiger partial charge in [-0.1, -0.05) is 0 Å². The van der Waals surface area contributed by atoms with Crippen LogP contribution < -0.4 is 21.1 Å². The van der Waals surface area contributed by atoms with E-state index in [1.54, 1.807) is 19.4 Å². The SMILES string of the molecule is COC1CCC(Nc2cc[nH]c(=O)c2C(=O)Nc2ccc(N3CCCN(C)CC3)cc2)CC1. The van der Waals surface area contributed by atoms with Gasteiger partial charge in [0, 0.05) is 50.4 Å². The molecule has 1 aliphatic carbocycles. The number of hydrogen-bond acceptors (Lipinski definition) is 6. The number of nitrogens with zero attached hydrogens (tertiary/aromatic N) is 2. The molecule has 1 aromatic heterocycles. The molecule has 8 heteroatoms. The van der Waals surface area contributed by atoms with Gasteiger partial charge in [-0.3, -0.25) is 9.59 Å². The fraction of sp³-hybridized carbons (Fsp3) is 0.520. The van der Waals surface area contributed by atoms with Crippen molar-refractivity contribution in [2.75, 3.05) is 55.9 Å². The second-order valence-corrected chi connectivity index (χ2v) is 9.09. The molecule has 178 valence electrons. The molecule has 2 aromatic rings. The van der Waals surface area contributed by atoms with E-state index in [4.69, 9.17) is 4.74 Å². The number of likely N-dealkylation sites (N-methyl/N-ethyl adjacent to an activating group) is 1. The number of nitrogens with one attached hydrogen (secondary N) is 3. The molecule has 0 bridgehead atoms. The first-order valence-corrected chi connectivity index (χ1v) is 11.9. The molecule has 0 atom stereocenters. The Hall–Kier alpha value is -2.84. The maximum Gasteiger partial charge on any atom is 0.263 e. The molecule has 1 amide bonds. The van der Waals surface area contributed by atoms with E-state index in [1.807, 2.05) is 24.3 Å². The smallest absolute Gasteiger partial charge is 0.263 e. The van der Waals surface area contributed by atoms with Crippen LogP contribution in [-0.4, -0.2) is 68.3 Å². The molecule has 4 rings (SSSR count). The Kier molecular flexibility index (Phi) is 7.67. The lowest BCUT2D eigenvalue weighted by Crippen LogP contribution is -2.32. The lowest BCUT2D eigenvalue weighted by molar-refractivity contribution is 0.0681. The molecule has 0 radical (unpaired) electrons. The van der Waals surface area contributed by atoms with Crippen molar-refractivity contribution < 1.29 is 9.53 Å². The Morgan fingerprint density at radius 3 is 2.52 bits per heavy atom. The van der Waals surface area contributed by atoms with Gasteiger partial charge in [-0.15, -0.1) is 0 Å². The van der Waals surface area contributed by atoms with E-state index in [9.17, 15) is 9.59 Å². The lowest BCUT2D eigenvalue weighted by Gasteiger charge is -2.29. The summed E-state index contributed by atoms with van der Waals surface area (Å²) in [6.45, 7) is 4.16. The van der Waals surface area contributed by atoms with Gasteiger partial charge in [0.05, 0.1) is 11.8 Å². The predicted molar refractivity (Wildman–Crippen MR) is 132 cm³/mol. The fourth-order valence-corrected chi connectivity index (χ4v) is 4.74. The van der Waals surface area contributed by atoms with Gasteiger partial charge in [0.25, 0.3) is 11.5 Å². The van der Waals surface area contributed by atoms with Crippen molar-refractivity contribution in [3.8, 4) is 0 Å². The Morgan fingerprint density at radius 1 is 1.03 bits per heavy atom. The number of methoxy groups -OCH3 is 1. The molecule has 8 nitrogen and oxygen atoms in total. The van der Waals surface area contributed by atoms with E-state index in [0.29, 0.717) is 17.5 Å². The highest BCUT2D eigenvalue weighted by Gasteiger charge is 2.23. The van der Waals surface area contributed by atoms with E-state index >= 15 is 0 Å². The number of amides is 1. The molecular weight excluding hydrogens is 418 g/mol. The summed E-state index contributed by atoms with van der Waals surface area (Å²) in [5, 5.41) is 6.31. The number of carbonyl (C=O) groups excluding carboxylic acids is 1. The zero-order valence-electron chi connectivity index (χ0n) is 19.6. The second-order valence-electron chi connectivity index (χ2n) is 9.09. The third kappa shape index (κ3) is 5.94. The van der Waals surface area contributed by atoms with E-state index in [-0.39, 0.29) is 11.6 Å². The minimum atomic E-state index is -0.408. The Labute approximate surface area is 195 Å². The van der Waals surface area contributed by atoms with Gasteiger partial charge in [-0.2, -0.15) is 0 Å². The highest BCUT2D eigenvalue weighted by molar-refractivity contribution is 6.07. The molecule has 3 N–H and O–H groups in total. The molecule has 33 heavy (non-hydrogen) atoms. The molecule has 0 spiro atoms. The van der Waals surface area contributed by atoms with Crippen LogP contribution in [0.25, 0.3) is 0 Å². The van der Waals surface area contributed by atoms with Gasteiger partial charge in [0.15, 0.2) is 0 Å². The quantitative estimate of drug-likeness (QED) is 0.623. The summed E-state index contributed by atoms with van der Waals surface area (Å²) in [6.07, 6.45) is 6.84. The number of aromatic nitrogens is 1. The van der Waals surface area contributed by atoms with Crippen molar-refractivity contribution in [3.05, 3.63) is 52.4 Å². The van der Waals surface area contributed by atoms with Gasteiger partial charge in [0.1, 0.15) is 5.56 Å². The maximum atomic E-state index is 13.1. The molecule has 2 aliphatic rings. The average molecular weight is 454 g/mol. The zero-order valence-corrected chi connectivity index (χ0v) is 19.6. The monoisotopic (exact) mass is 453 g/mol. The van der Waals surface area contributed by atoms with Crippen LogP contribution >= 0.6 is 0 Å². The minimum Gasteiger partial charge on any atom is -0.381 e. The first-order chi connectivity index (χ1) is 16.0. The van der Waals surface area contributed by atoms with Gasteiger partial charge in [-0.05, 0) is 76.0 Å². The van der Waals surface area contributed by atoms with Crippen molar-refractivity contribution in [1.29, 1.82) is 0 Å². The summed E-state index contributed by atoms with van der Waals surface area (Å²) in [6, 6.07) is 9.85. The van der Waals surface area contributed by atoms with Crippen LogP contribution in [0.5, 0.6) is 0 Å². The average Bonchev–Trinajstić information content (AvgIpc) is 3.04. The van der Waals surface area contributed by atoms with Gasteiger partial charge in [-0.25, -0.2) is 0 Å². The molecule has 0 unspecified atom stereocenters. The summed E-state index contributed by atoms with van der Waals surface area (Å²) in [7, 11) is 3.90. The number of carbonyl (C=O) groups is 1. The van der Waals surface area contributed by atoms with Crippen LogP contribution in [0.3, 0.4) is 0 Å². The van der Waals surface area contributed by atoms with Crippen molar-refractivity contribution in [3.63, 3.8) is 0 Å². The van der Waals surface area contributed by atoms with Crippen LogP contribution in [-0.2, 0) is 4.74 Å². The second kappa shape index (κ2) is 10.9. The van der Waals surface area contributed by atoms with Crippen molar-refractivity contribution in [1.82, 2.24) is 9.88 Å². The van der Waals surface area contributed by atoms with Crippen LogP contribution in [0.15, 0.2) is 41.3 Å². The van der Waals surface area contributed by atoms with Crippen LogP contribution in [0.2, 0.25) is 0 Å². The first kappa shape index (κ1) is 23.3. The number of anilines is 3. The van der Waals surface area contributed by atoms with E-state index in [0.717, 1.165) is 64.0 Å². The topological polar surface area (TPSA) is 89.7 Å². The molecule has 1 aliphatic heterocycles. The van der Waals surface area contributed by atoms with Gasteiger partial charge < -0.3 is 30.2 Å². The van der Waals surface area contributed by atoms with Crippen LogP contribution in [0, 0.1) is 0 Å². The Balaban J connectivity index is 1.42. The molecule has 1 aromatic carbocycles. The highest BCUT2D eigenvalue weighted by atomic mass is 16.5. The lowest BCUT2D eigenvalue weighted by atomic mass is 9.92. The summed E-state index contributed by atoms with van der Waals surface area (Å²) in [5.74, 6) is -0.408. The zero-order chi connectivity index (χ0) is 23.2. The minimum absolute atomic E-state index is 0.117. The van der Waals surface area contributed by atoms with Crippen molar-refractivity contribution >= 4 is 23.0 Å². The first-order valence-electron chi connectivity index (χ1n) is 11.9. The van der Waals surface area contributed by atoms with E-state index < -0.39 is 11.5 Å². The van der Waals surface area contributed by atoms with Crippen molar-refractivity contribution in [2.24, 2.45) is 0 Å². The van der Waals surface area contributed by atoms with E-state index in [2.05, 4.69) is 32.5 Å². The number of rotatable bonds is 6. The maximum absolute atomic E-state index is 13.1. The Morgan fingerprint density at radius 2 is 1.79 bits per heavy atom. The predicted octanol–water partition coefficient (Wildman–Crippen LogP) is 3.14. The summed E-state index contributed by atoms with van der Waals surface area (Å²) >= 11 is 0. The number of aromatic amines is 1. The Bertz CT molecular complexity index is 982. The highest BCUT2D eigenvalue weighted by Crippen LogP contribution is 2.25. The molecular formula is C25H35N5O3. The molecule has 2 fully saturated rings. The molecule has 2 heterocycles. The number of H-pyrrole nitrogens is 1. The van der Waals surface area contributed by atoms with E-state index in [1.165, 1.54) is 0 Å². The number of hydrogen-bond donors (Lipinski definition) is 3. The third-order valence-electron chi connectivity index (χ3n) is 6.76. The standard InChI is InChI=1S/C25H35N5O3/c1-29-14-3-15-30(17-16-29)20-8-4-19(5-9-20)28-25(32)23-22(12-13-26-24(23)31)27-18-6-10-21(33-2)11-7-18/h4-5,8-9,12-13,18,21H,3,6-7,10-11,14-17H2,1-2H3,(H,28,32)(H2,26,27,31). The van der Waals surface area contributed by atoms with Crippen molar-refractivity contribution in [2.45, 2.75) is 44.2 Å². The fourth-order valence-electron chi connectivity index (χ4n) is 4.74. The summed E-state index contributed by atoms with van der Waals surface area (Å²) < 4.78 is 5.44. The summed E-state index contributed by atoms with van der Waals surface area (Å²) in [4.78, 5) is 33.0. The van der Waals surface area contributed by atoms with Gasteiger partial charge >= 0.3 is 0 Å². The molecule has 1 saturated carbocycles. The van der Waals surface area contributed by atoms with Crippen LogP contribution in [0.4, 0.5) is 17.1 Å². The third-order valence-corrected chi connectivity index (χ3v) is 6.76.